The molecule has 4 nitrogen and oxygen atoms in total. The Morgan fingerprint density at radius 3 is 2.82 bits per heavy atom. The number of hydrogen-bond acceptors (Lipinski definition) is 3. The summed E-state index contributed by atoms with van der Waals surface area (Å²) < 4.78 is 0.394. The molecule has 0 bridgehead atoms. The SMILES string of the molecule is Nc1cnc(C(=O)O)c(Br)c1. The maximum atomic E-state index is 10.4. The van der Waals surface area contributed by atoms with Gasteiger partial charge >= 0.3 is 5.97 Å². The molecule has 0 aliphatic heterocycles. The zero-order chi connectivity index (χ0) is 8.43. The average Bonchev–Trinajstić information content (AvgIpc) is 1.85. The fourth-order valence-corrected chi connectivity index (χ4v) is 1.15. The van der Waals surface area contributed by atoms with Crippen LogP contribution in [0.2, 0.25) is 0 Å². The molecule has 58 valence electrons. The predicted octanol–water partition coefficient (Wildman–Crippen LogP) is 1.12. The maximum absolute atomic E-state index is 10.4. The van der Waals surface area contributed by atoms with Gasteiger partial charge in [0.1, 0.15) is 0 Å². The van der Waals surface area contributed by atoms with Gasteiger partial charge in [0.2, 0.25) is 0 Å². The van der Waals surface area contributed by atoms with Gasteiger partial charge in [0.15, 0.2) is 5.69 Å². The van der Waals surface area contributed by atoms with E-state index in [1.54, 1.807) is 0 Å². The summed E-state index contributed by atoms with van der Waals surface area (Å²) in [4.78, 5) is 14.0. The van der Waals surface area contributed by atoms with Crippen LogP contribution in [0.25, 0.3) is 0 Å². The van der Waals surface area contributed by atoms with E-state index in [1.807, 2.05) is 0 Å². The molecule has 0 amide bonds. The van der Waals surface area contributed by atoms with Crippen molar-refractivity contribution in [3.63, 3.8) is 0 Å². The van der Waals surface area contributed by atoms with Gasteiger partial charge in [-0.05, 0) is 22.0 Å². The van der Waals surface area contributed by atoms with Crippen molar-refractivity contribution in [2.75, 3.05) is 5.73 Å². The average molecular weight is 217 g/mol. The molecule has 5 heteroatoms. The number of carbonyl (C=O) groups is 1. The minimum Gasteiger partial charge on any atom is -0.476 e. The van der Waals surface area contributed by atoms with E-state index < -0.39 is 5.97 Å². The summed E-state index contributed by atoms with van der Waals surface area (Å²) in [5.74, 6) is -1.07. The summed E-state index contributed by atoms with van der Waals surface area (Å²) in [6.45, 7) is 0. The lowest BCUT2D eigenvalue weighted by molar-refractivity contribution is 0.0689. The summed E-state index contributed by atoms with van der Waals surface area (Å²) in [6, 6.07) is 1.50. The Kier molecular flexibility index (Phi) is 2.09. The van der Waals surface area contributed by atoms with E-state index in [1.165, 1.54) is 12.3 Å². The minimum absolute atomic E-state index is 0.0285. The number of anilines is 1. The van der Waals surface area contributed by atoms with Gasteiger partial charge in [-0.2, -0.15) is 0 Å². The topological polar surface area (TPSA) is 76.2 Å². The number of pyridine rings is 1. The lowest BCUT2D eigenvalue weighted by Crippen LogP contribution is -2.01. The van der Waals surface area contributed by atoms with Crippen LogP contribution in [0.5, 0.6) is 0 Å². The first-order valence-electron chi connectivity index (χ1n) is 2.75. The van der Waals surface area contributed by atoms with Crippen molar-refractivity contribution < 1.29 is 9.90 Å². The zero-order valence-electron chi connectivity index (χ0n) is 5.41. The summed E-state index contributed by atoms with van der Waals surface area (Å²) in [5, 5.41) is 8.52. The first-order chi connectivity index (χ1) is 5.11. The number of carboxylic acids is 1. The molecule has 0 fully saturated rings. The quantitative estimate of drug-likeness (QED) is 0.738. The summed E-state index contributed by atoms with van der Waals surface area (Å²) in [6.07, 6.45) is 1.30. The van der Waals surface area contributed by atoms with Gasteiger partial charge in [-0.1, -0.05) is 0 Å². The molecule has 0 atom stereocenters. The minimum atomic E-state index is -1.07. The second-order valence-corrected chi connectivity index (χ2v) is 2.76. The summed E-state index contributed by atoms with van der Waals surface area (Å²) >= 11 is 3.02. The maximum Gasteiger partial charge on any atom is 0.355 e. The number of nitrogen functional groups attached to an aromatic ring is 1. The number of aromatic nitrogens is 1. The number of aromatic carboxylic acids is 1. The highest BCUT2D eigenvalue weighted by atomic mass is 79.9. The molecule has 0 aromatic carbocycles. The van der Waals surface area contributed by atoms with Crippen LogP contribution in [-0.4, -0.2) is 16.1 Å². The smallest absolute Gasteiger partial charge is 0.355 e. The van der Waals surface area contributed by atoms with Crippen molar-refractivity contribution in [1.82, 2.24) is 4.98 Å². The van der Waals surface area contributed by atoms with Crippen molar-refractivity contribution in [3.8, 4) is 0 Å². The Bertz CT molecular complexity index is 301. The Morgan fingerprint density at radius 2 is 2.36 bits per heavy atom. The van der Waals surface area contributed by atoms with Crippen LogP contribution in [0.15, 0.2) is 16.7 Å². The third-order valence-electron chi connectivity index (χ3n) is 1.06. The predicted molar refractivity (Wildman–Crippen MR) is 43.3 cm³/mol. The third kappa shape index (κ3) is 1.68. The molecule has 1 aromatic heterocycles. The number of nitrogens with two attached hydrogens (primary N) is 1. The highest BCUT2D eigenvalue weighted by Gasteiger charge is 2.08. The molecule has 0 unspecified atom stereocenters. The fourth-order valence-electron chi connectivity index (χ4n) is 0.610. The molecule has 0 radical (unpaired) electrons. The van der Waals surface area contributed by atoms with Gasteiger partial charge in [-0.3, -0.25) is 0 Å². The molecular weight excluding hydrogens is 212 g/mol. The highest BCUT2D eigenvalue weighted by molar-refractivity contribution is 9.10. The largest absolute Gasteiger partial charge is 0.476 e. The number of hydrogen-bond donors (Lipinski definition) is 2. The summed E-state index contributed by atoms with van der Waals surface area (Å²) in [7, 11) is 0. The summed E-state index contributed by atoms with van der Waals surface area (Å²) in [5.41, 5.74) is 5.75. The van der Waals surface area contributed by atoms with Gasteiger partial charge in [-0.15, -0.1) is 0 Å². The van der Waals surface area contributed by atoms with Gasteiger partial charge in [-0.25, -0.2) is 9.78 Å². The molecule has 0 spiro atoms. The van der Waals surface area contributed by atoms with Gasteiger partial charge < -0.3 is 10.8 Å². The second kappa shape index (κ2) is 2.87. The standard InChI is InChI=1S/C6H5BrN2O2/c7-4-1-3(8)2-9-5(4)6(10)11/h1-2H,8H2,(H,10,11). The zero-order valence-corrected chi connectivity index (χ0v) is 7.00. The first-order valence-corrected chi connectivity index (χ1v) is 3.55. The number of carboxylic acid groups (broad SMARTS) is 1. The normalized spacial score (nSPS) is 9.55. The molecular formula is C6H5BrN2O2. The monoisotopic (exact) mass is 216 g/mol. The van der Waals surface area contributed by atoms with Crippen LogP contribution in [0, 0.1) is 0 Å². The van der Waals surface area contributed by atoms with E-state index in [-0.39, 0.29) is 5.69 Å². The second-order valence-electron chi connectivity index (χ2n) is 1.90. The highest BCUT2D eigenvalue weighted by Crippen LogP contribution is 2.16. The molecule has 0 aliphatic rings. The van der Waals surface area contributed by atoms with E-state index in [9.17, 15) is 4.79 Å². The fraction of sp³-hybridized carbons (Fsp3) is 0. The Balaban J connectivity index is 3.20. The van der Waals surface area contributed by atoms with Gasteiger partial charge in [0.25, 0.3) is 0 Å². The van der Waals surface area contributed by atoms with E-state index in [4.69, 9.17) is 10.8 Å². The molecule has 0 aliphatic carbocycles. The molecule has 0 saturated carbocycles. The van der Waals surface area contributed by atoms with E-state index in [0.717, 1.165) is 0 Å². The van der Waals surface area contributed by atoms with Gasteiger partial charge in [0.05, 0.1) is 16.4 Å². The van der Waals surface area contributed by atoms with Crippen molar-refractivity contribution in [2.24, 2.45) is 0 Å². The third-order valence-corrected chi connectivity index (χ3v) is 1.67. The molecule has 0 saturated heterocycles. The lowest BCUT2D eigenvalue weighted by Gasteiger charge is -1.97. The molecule has 1 heterocycles. The number of rotatable bonds is 1. The van der Waals surface area contributed by atoms with Crippen LogP contribution in [-0.2, 0) is 0 Å². The Labute approximate surface area is 71.2 Å². The van der Waals surface area contributed by atoms with E-state index in [0.29, 0.717) is 10.2 Å². The van der Waals surface area contributed by atoms with Crippen molar-refractivity contribution in [3.05, 3.63) is 22.4 Å². The van der Waals surface area contributed by atoms with Crippen LogP contribution in [0.3, 0.4) is 0 Å². The molecule has 11 heavy (non-hydrogen) atoms. The van der Waals surface area contributed by atoms with Gasteiger partial charge in [0, 0.05) is 0 Å². The van der Waals surface area contributed by atoms with E-state index >= 15 is 0 Å². The molecule has 3 N–H and O–H groups in total. The van der Waals surface area contributed by atoms with Crippen LogP contribution in [0.1, 0.15) is 10.5 Å². The van der Waals surface area contributed by atoms with Crippen molar-refractivity contribution in [1.29, 1.82) is 0 Å². The number of halogens is 1. The number of nitrogens with zero attached hydrogens (tertiary/aromatic N) is 1. The Morgan fingerprint density at radius 1 is 1.73 bits per heavy atom. The van der Waals surface area contributed by atoms with Crippen LogP contribution >= 0.6 is 15.9 Å². The first kappa shape index (κ1) is 8.00. The molecule has 1 rings (SSSR count). The van der Waals surface area contributed by atoms with Crippen LogP contribution < -0.4 is 5.73 Å². The lowest BCUT2D eigenvalue weighted by atomic mass is 10.3. The molecule has 1 aromatic rings. The van der Waals surface area contributed by atoms with Crippen molar-refractivity contribution in [2.45, 2.75) is 0 Å². The van der Waals surface area contributed by atoms with E-state index in [2.05, 4.69) is 20.9 Å². The Hall–Kier alpha value is -1.10. The van der Waals surface area contributed by atoms with Crippen LogP contribution in [0.4, 0.5) is 5.69 Å². The van der Waals surface area contributed by atoms with Crippen molar-refractivity contribution >= 4 is 27.6 Å².